The third kappa shape index (κ3) is 3.29. The summed E-state index contributed by atoms with van der Waals surface area (Å²) in [6.07, 6.45) is 0.528. The van der Waals surface area contributed by atoms with E-state index in [0.29, 0.717) is 31.1 Å². The van der Waals surface area contributed by atoms with Gasteiger partial charge in [0.15, 0.2) is 0 Å². The van der Waals surface area contributed by atoms with E-state index in [4.69, 9.17) is 16.3 Å². The molecule has 0 aromatic heterocycles. The summed E-state index contributed by atoms with van der Waals surface area (Å²) in [4.78, 5) is 25.8. The minimum atomic E-state index is -0.609. The highest BCUT2D eigenvalue weighted by Crippen LogP contribution is 2.26. The quantitative estimate of drug-likeness (QED) is 0.661. The zero-order valence-corrected chi connectivity index (χ0v) is 12.0. The molecule has 0 bridgehead atoms. The lowest BCUT2D eigenvalue weighted by atomic mass is 10.1. The first kappa shape index (κ1) is 14.8. The monoisotopic (exact) mass is 296 g/mol. The minimum absolute atomic E-state index is 0.165. The SMILES string of the molecule is COCCNC(=O)C1CCN(c2ccc(Cl)cc2)C1=O. The highest BCUT2D eigenvalue weighted by molar-refractivity contribution is 6.30. The zero-order chi connectivity index (χ0) is 14.5. The molecule has 1 fully saturated rings. The topological polar surface area (TPSA) is 58.6 Å². The number of nitrogens with one attached hydrogen (secondary N) is 1. The van der Waals surface area contributed by atoms with Crippen LogP contribution in [-0.2, 0) is 14.3 Å². The number of amides is 2. The fourth-order valence-corrected chi connectivity index (χ4v) is 2.33. The molecule has 0 radical (unpaired) electrons. The summed E-state index contributed by atoms with van der Waals surface area (Å²) in [5.41, 5.74) is 0.770. The first-order valence-electron chi connectivity index (χ1n) is 6.47. The number of carbonyl (C=O) groups is 2. The average molecular weight is 297 g/mol. The summed E-state index contributed by atoms with van der Waals surface area (Å²) >= 11 is 5.83. The second-order valence-corrected chi connectivity index (χ2v) is 5.03. The summed E-state index contributed by atoms with van der Waals surface area (Å²) in [7, 11) is 1.56. The van der Waals surface area contributed by atoms with Crippen molar-refractivity contribution in [1.82, 2.24) is 5.32 Å². The number of ether oxygens (including phenoxy) is 1. The van der Waals surface area contributed by atoms with E-state index >= 15 is 0 Å². The predicted molar refractivity (Wildman–Crippen MR) is 76.8 cm³/mol. The number of anilines is 1. The smallest absolute Gasteiger partial charge is 0.239 e. The van der Waals surface area contributed by atoms with Crippen LogP contribution in [0.4, 0.5) is 5.69 Å². The molecule has 0 spiro atoms. The van der Waals surface area contributed by atoms with Gasteiger partial charge in [0.25, 0.3) is 0 Å². The molecule has 2 amide bonds. The van der Waals surface area contributed by atoms with Crippen LogP contribution in [-0.4, -0.2) is 38.6 Å². The fraction of sp³-hybridized carbons (Fsp3) is 0.429. The number of hydrogen-bond donors (Lipinski definition) is 1. The second-order valence-electron chi connectivity index (χ2n) is 4.59. The molecular weight excluding hydrogens is 280 g/mol. The standard InChI is InChI=1S/C14H17ClN2O3/c1-20-9-7-16-13(18)12-6-8-17(14(12)19)11-4-2-10(15)3-5-11/h2-5,12H,6-9H2,1H3,(H,16,18). The Morgan fingerprint density at radius 3 is 2.80 bits per heavy atom. The van der Waals surface area contributed by atoms with Crippen molar-refractivity contribution < 1.29 is 14.3 Å². The van der Waals surface area contributed by atoms with Gasteiger partial charge in [0.2, 0.25) is 11.8 Å². The van der Waals surface area contributed by atoms with Gasteiger partial charge in [-0.1, -0.05) is 11.6 Å². The van der Waals surface area contributed by atoms with E-state index in [1.54, 1.807) is 36.3 Å². The van der Waals surface area contributed by atoms with Gasteiger partial charge in [-0.15, -0.1) is 0 Å². The Kier molecular flexibility index (Phi) is 4.98. The number of rotatable bonds is 5. The number of carbonyl (C=O) groups excluding carboxylic acids is 2. The summed E-state index contributed by atoms with van der Waals surface area (Å²) in [6.45, 7) is 1.40. The maximum Gasteiger partial charge on any atom is 0.239 e. The lowest BCUT2D eigenvalue weighted by Crippen LogP contribution is -2.38. The summed E-state index contributed by atoms with van der Waals surface area (Å²) in [5.74, 6) is -1.01. The maximum absolute atomic E-state index is 12.3. The van der Waals surface area contributed by atoms with Crippen LogP contribution in [0, 0.1) is 5.92 Å². The fourth-order valence-electron chi connectivity index (χ4n) is 2.20. The van der Waals surface area contributed by atoms with Gasteiger partial charge in [-0.3, -0.25) is 9.59 Å². The third-order valence-corrected chi connectivity index (χ3v) is 3.52. The molecular formula is C14H17ClN2O3. The predicted octanol–water partition coefficient (Wildman–Crippen LogP) is 1.46. The van der Waals surface area contributed by atoms with Gasteiger partial charge >= 0.3 is 0 Å². The van der Waals surface area contributed by atoms with Crippen LogP contribution in [0.2, 0.25) is 5.02 Å². The van der Waals surface area contributed by atoms with Gasteiger partial charge in [-0.2, -0.15) is 0 Å². The Morgan fingerprint density at radius 2 is 2.15 bits per heavy atom. The summed E-state index contributed by atoms with van der Waals surface area (Å²) < 4.78 is 4.86. The Labute approximate surface area is 122 Å². The van der Waals surface area contributed by atoms with Crippen molar-refractivity contribution in [3.8, 4) is 0 Å². The third-order valence-electron chi connectivity index (χ3n) is 3.27. The first-order chi connectivity index (χ1) is 9.63. The first-order valence-corrected chi connectivity index (χ1v) is 6.85. The zero-order valence-electron chi connectivity index (χ0n) is 11.3. The van der Waals surface area contributed by atoms with Gasteiger partial charge in [-0.05, 0) is 30.7 Å². The highest BCUT2D eigenvalue weighted by atomic mass is 35.5. The van der Waals surface area contributed by atoms with Crippen molar-refractivity contribution in [2.24, 2.45) is 5.92 Å². The minimum Gasteiger partial charge on any atom is -0.383 e. The van der Waals surface area contributed by atoms with Crippen molar-refractivity contribution in [1.29, 1.82) is 0 Å². The van der Waals surface area contributed by atoms with E-state index in [2.05, 4.69) is 5.32 Å². The van der Waals surface area contributed by atoms with Crippen molar-refractivity contribution >= 4 is 29.1 Å². The van der Waals surface area contributed by atoms with Gasteiger partial charge in [-0.25, -0.2) is 0 Å². The van der Waals surface area contributed by atoms with E-state index in [1.165, 1.54) is 0 Å². The second kappa shape index (κ2) is 6.72. The molecule has 1 atom stereocenters. The Balaban J connectivity index is 1.98. The molecule has 1 heterocycles. The van der Waals surface area contributed by atoms with Crippen LogP contribution in [0.3, 0.4) is 0 Å². The lowest BCUT2D eigenvalue weighted by Gasteiger charge is -2.16. The van der Waals surface area contributed by atoms with Crippen molar-refractivity contribution in [2.75, 3.05) is 31.7 Å². The van der Waals surface area contributed by atoms with E-state index in [1.807, 2.05) is 0 Å². The van der Waals surface area contributed by atoms with Crippen molar-refractivity contribution in [3.63, 3.8) is 0 Å². The van der Waals surface area contributed by atoms with Crippen LogP contribution in [0.15, 0.2) is 24.3 Å². The largest absolute Gasteiger partial charge is 0.383 e. The van der Waals surface area contributed by atoms with Gasteiger partial charge in [0.05, 0.1) is 6.61 Å². The lowest BCUT2D eigenvalue weighted by molar-refractivity contribution is -0.132. The molecule has 5 nitrogen and oxygen atoms in total. The number of hydrogen-bond acceptors (Lipinski definition) is 3. The normalized spacial score (nSPS) is 18.4. The molecule has 1 aromatic carbocycles. The maximum atomic E-state index is 12.3. The molecule has 0 saturated carbocycles. The summed E-state index contributed by atoms with van der Waals surface area (Å²) in [6, 6.07) is 7.03. The van der Waals surface area contributed by atoms with E-state index in [9.17, 15) is 9.59 Å². The van der Waals surface area contributed by atoms with Crippen molar-refractivity contribution in [2.45, 2.75) is 6.42 Å². The Morgan fingerprint density at radius 1 is 1.45 bits per heavy atom. The van der Waals surface area contributed by atoms with Crippen LogP contribution in [0.5, 0.6) is 0 Å². The Hall–Kier alpha value is -1.59. The van der Waals surface area contributed by atoms with Crippen molar-refractivity contribution in [3.05, 3.63) is 29.3 Å². The van der Waals surface area contributed by atoms with Gasteiger partial charge in [0, 0.05) is 30.9 Å². The number of halogens is 1. The molecule has 108 valence electrons. The highest BCUT2D eigenvalue weighted by Gasteiger charge is 2.37. The van der Waals surface area contributed by atoms with E-state index in [-0.39, 0.29) is 11.8 Å². The molecule has 2 rings (SSSR count). The van der Waals surface area contributed by atoms with Crippen LogP contribution in [0.1, 0.15) is 6.42 Å². The molecule has 1 aliphatic rings. The Bertz CT molecular complexity index is 490. The van der Waals surface area contributed by atoms with E-state index in [0.717, 1.165) is 5.69 Å². The molecule has 20 heavy (non-hydrogen) atoms. The van der Waals surface area contributed by atoms with Crippen LogP contribution in [0.25, 0.3) is 0 Å². The van der Waals surface area contributed by atoms with Gasteiger partial charge < -0.3 is 15.0 Å². The van der Waals surface area contributed by atoms with Gasteiger partial charge in [0.1, 0.15) is 5.92 Å². The number of nitrogens with zero attached hydrogens (tertiary/aromatic N) is 1. The van der Waals surface area contributed by atoms with E-state index < -0.39 is 5.92 Å². The molecule has 1 aliphatic heterocycles. The number of benzene rings is 1. The van der Waals surface area contributed by atoms with Crippen LogP contribution >= 0.6 is 11.6 Å². The molecule has 1 saturated heterocycles. The molecule has 1 aromatic rings. The average Bonchev–Trinajstić information content (AvgIpc) is 2.82. The van der Waals surface area contributed by atoms with Crippen LogP contribution < -0.4 is 10.2 Å². The number of methoxy groups -OCH3 is 1. The molecule has 6 heteroatoms. The molecule has 1 unspecified atom stereocenters. The molecule has 0 aliphatic carbocycles. The molecule has 1 N–H and O–H groups in total. The summed E-state index contributed by atoms with van der Waals surface area (Å²) in [5, 5.41) is 3.32.